The minimum atomic E-state index is 0.0752. The number of benzene rings is 2. The molecule has 0 unspecified atom stereocenters. The standard InChI is InChI=1S/C10H11BrO.C10H12O/c1-7(2)10(12)8-3-5-9(11)6-4-8;1-8(2)10(11)9-6-4-3-5-7-9/h3-7H,1-2H3;3-8H,1-2H3. The van der Waals surface area contributed by atoms with Gasteiger partial charge in [0, 0.05) is 27.4 Å². The van der Waals surface area contributed by atoms with E-state index in [1.165, 1.54) is 0 Å². The number of rotatable bonds is 4. The zero-order chi connectivity index (χ0) is 17.4. The lowest BCUT2D eigenvalue weighted by Gasteiger charge is -2.03. The van der Waals surface area contributed by atoms with Crippen LogP contribution in [0.5, 0.6) is 0 Å². The van der Waals surface area contributed by atoms with Crippen LogP contribution in [0.4, 0.5) is 0 Å². The van der Waals surface area contributed by atoms with Crippen molar-refractivity contribution in [3.8, 4) is 0 Å². The number of carbonyl (C=O) groups is 2. The molecule has 0 fully saturated rings. The molecule has 0 bridgehead atoms. The maximum Gasteiger partial charge on any atom is 0.165 e. The zero-order valence-corrected chi connectivity index (χ0v) is 15.6. The van der Waals surface area contributed by atoms with E-state index in [0.717, 1.165) is 15.6 Å². The average Bonchev–Trinajstić information content (AvgIpc) is 2.55. The predicted octanol–water partition coefficient (Wildman–Crippen LogP) is 5.81. The third-order valence-corrected chi connectivity index (χ3v) is 3.76. The van der Waals surface area contributed by atoms with Gasteiger partial charge in [-0.25, -0.2) is 0 Å². The fraction of sp³-hybridized carbons (Fsp3) is 0.300. The summed E-state index contributed by atoms with van der Waals surface area (Å²) in [6.07, 6.45) is 0. The van der Waals surface area contributed by atoms with E-state index >= 15 is 0 Å². The lowest BCUT2D eigenvalue weighted by atomic mass is 10.0. The normalized spacial score (nSPS) is 10.2. The van der Waals surface area contributed by atoms with E-state index < -0.39 is 0 Å². The number of halogens is 1. The van der Waals surface area contributed by atoms with Gasteiger partial charge >= 0.3 is 0 Å². The van der Waals surface area contributed by atoms with E-state index in [2.05, 4.69) is 15.9 Å². The van der Waals surface area contributed by atoms with E-state index in [9.17, 15) is 9.59 Å². The Balaban J connectivity index is 0.000000231. The van der Waals surface area contributed by atoms with Crippen molar-refractivity contribution in [1.29, 1.82) is 0 Å². The second kappa shape index (κ2) is 9.41. The van der Waals surface area contributed by atoms with Crippen LogP contribution in [0, 0.1) is 11.8 Å². The molecule has 0 aliphatic carbocycles. The summed E-state index contributed by atoms with van der Waals surface area (Å²) in [5.74, 6) is 0.580. The molecule has 0 amide bonds. The Labute approximate surface area is 147 Å². The highest BCUT2D eigenvalue weighted by atomic mass is 79.9. The first-order valence-electron chi connectivity index (χ1n) is 7.72. The van der Waals surface area contributed by atoms with Gasteiger partial charge in [0.2, 0.25) is 0 Å². The molecule has 23 heavy (non-hydrogen) atoms. The number of carbonyl (C=O) groups excluding carboxylic acids is 2. The van der Waals surface area contributed by atoms with Crippen LogP contribution in [0.3, 0.4) is 0 Å². The Morgan fingerprint density at radius 1 is 0.696 bits per heavy atom. The van der Waals surface area contributed by atoms with Gasteiger partial charge in [0.25, 0.3) is 0 Å². The molecule has 0 atom stereocenters. The lowest BCUT2D eigenvalue weighted by molar-refractivity contribution is 0.0932. The lowest BCUT2D eigenvalue weighted by Crippen LogP contribution is -2.06. The molecule has 3 heteroatoms. The van der Waals surface area contributed by atoms with Crippen LogP contribution in [-0.4, -0.2) is 11.6 Å². The topological polar surface area (TPSA) is 34.1 Å². The summed E-state index contributed by atoms with van der Waals surface area (Å²) < 4.78 is 1.00. The van der Waals surface area contributed by atoms with Crippen molar-refractivity contribution in [2.45, 2.75) is 27.7 Å². The summed E-state index contributed by atoms with van der Waals surface area (Å²) in [5, 5.41) is 0. The summed E-state index contributed by atoms with van der Waals surface area (Å²) >= 11 is 3.32. The molecular weight excluding hydrogens is 352 g/mol. The Hall–Kier alpha value is -1.74. The molecule has 2 aromatic carbocycles. The first-order valence-corrected chi connectivity index (χ1v) is 8.51. The second-order valence-electron chi connectivity index (χ2n) is 5.91. The zero-order valence-electron chi connectivity index (χ0n) is 14.0. The first-order chi connectivity index (χ1) is 10.8. The minimum Gasteiger partial charge on any atom is -0.294 e. The van der Waals surface area contributed by atoms with Crippen molar-refractivity contribution in [1.82, 2.24) is 0 Å². The average molecular weight is 375 g/mol. The van der Waals surface area contributed by atoms with Gasteiger partial charge < -0.3 is 0 Å². The monoisotopic (exact) mass is 374 g/mol. The largest absolute Gasteiger partial charge is 0.294 e. The van der Waals surface area contributed by atoms with Crippen LogP contribution in [0.1, 0.15) is 48.4 Å². The molecule has 0 radical (unpaired) electrons. The summed E-state index contributed by atoms with van der Waals surface area (Å²) in [5.41, 5.74) is 1.59. The number of hydrogen-bond acceptors (Lipinski definition) is 2. The molecule has 0 aromatic heterocycles. The summed E-state index contributed by atoms with van der Waals surface area (Å²) in [6, 6.07) is 16.8. The van der Waals surface area contributed by atoms with Gasteiger partial charge in [-0.1, -0.05) is 86.1 Å². The molecule has 2 nitrogen and oxygen atoms in total. The van der Waals surface area contributed by atoms with Gasteiger partial charge in [-0.3, -0.25) is 9.59 Å². The highest BCUT2D eigenvalue weighted by Crippen LogP contribution is 2.13. The molecule has 122 valence electrons. The van der Waals surface area contributed by atoms with Crippen LogP contribution in [0.2, 0.25) is 0 Å². The molecule has 0 heterocycles. The van der Waals surface area contributed by atoms with Crippen LogP contribution < -0.4 is 0 Å². The number of hydrogen-bond donors (Lipinski definition) is 0. The molecule has 2 rings (SSSR count). The highest BCUT2D eigenvalue weighted by molar-refractivity contribution is 9.10. The summed E-state index contributed by atoms with van der Waals surface area (Å²) in [4.78, 5) is 22.8. The summed E-state index contributed by atoms with van der Waals surface area (Å²) in [7, 11) is 0. The van der Waals surface area contributed by atoms with E-state index in [1.54, 1.807) is 0 Å². The third kappa shape index (κ3) is 6.49. The first kappa shape index (κ1) is 19.3. The smallest absolute Gasteiger partial charge is 0.165 e. The van der Waals surface area contributed by atoms with Crippen molar-refractivity contribution >= 4 is 27.5 Å². The van der Waals surface area contributed by atoms with Crippen molar-refractivity contribution in [3.05, 3.63) is 70.2 Å². The Morgan fingerprint density at radius 3 is 1.48 bits per heavy atom. The maximum atomic E-state index is 11.4. The number of Topliss-reactive ketones (excluding diaryl/α,β-unsaturated/α-hetero) is 2. The van der Waals surface area contributed by atoms with Crippen molar-refractivity contribution in [2.24, 2.45) is 11.8 Å². The molecule has 0 saturated carbocycles. The van der Waals surface area contributed by atoms with Crippen LogP contribution in [0.15, 0.2) is 59.1 Å². The van der Waals surface area contributed by atoms with Gasteiger partial charge in [-0.05, 0) is 12.1 Å². The fourth-order valence-electron chi connectivity index (χ4n) is 1.88. The van der Waals surface area contributed by atoms with Crippen LogP contribution in [-0.2, 0) is 0 Å². The fourth-order valence-corrected chi connectivity index (χ4v) is 2.15. The predicted molar refractivity (Wildman–Crippen MR) is 98.9 cm³/mol. The Kier molecular flexibility index (Phi) is 7.90. The highest BCUT2D eigenvalue weighted by Gasteiger charge is 2.09. The van der Waals surface area contributed by atoms with Gasteiger partial charge in [0.15, 0.2) is 11.6 Å². The van der Waals surface area contributed by atoms with Crippen molar-refractivity contribution in [2.75, 3.05) is 0 Å². The molecule has 0 aliphatic heterocycles. The van der Waals surface area contributed by atoms with Crippen molar-refractivity contribution < 1.29 is 9.59 Å². The Bertz CT molecular complexity index is 628. The molecule has 0 saturated heterocycles. The van der Waals surface area contributed by atoms with E-state index in [1.807, 2.05) is 82.3 Å². The molecule has 0 N–H and O–H groups in total. The molecule has 2 aromatic rings. The second-order valence-corrected chi connectivity index (χ2v) is 6.83. The van der Waals surface area contributed by atoms with E-state index in [4.69, 9.17) is 0 Å². The molecule has 0 spiro atoms. The minimum absolute atomic E-state index is 0.0752. The Morgan fingerprint density at radius 2 is 1.09 bits per heavy atom. The van der Waals surface area contributed by atoms with Gasteiger partial charge in [-0.15, -0.1) is 0 Å². The van der Waals surface area contributed by atoms with Crippen molar-refractivity contribution in [3.63, 3.8) is 0 Å². The SMILES string of the molecule is CC(C)C(=O)c1ccc(Br)cc1.CC(C)C(=O)c1ccccc1. The summed E-state index contributed by atoms with van der Waals surface area (Å²) in [6.45, 7) is 7.64. The van der Waals surface area contributed by atoms with Crippen LogP contribution in [0.25, 0.3) is 0 Å². The number of ketones is 2. The maximum absolute atomic E-state index is 11.4. The van der Waals surface area contributed by atoms with Gasteiger partial charge in [0.05, 0.1) is 0 Å². The van der Waals surface area contributed by atoms with Gasteiger partial charge in [0.1, 0.15) is 0 Å². The third-order valence-electron chi connectivity index (χ3n) is 3.24. The molecular formula is C20H23BrO2. The van der Waals surface area contributed by atoms with Crippen LogP contribution >= 0.6 is 15.9 Å². The molecule has 0 aliphatic rings. The van der Waals surface area contributed by atoms with Gasteiger partial charge in [-0.2, -0.15) is 0 Å². The quantitative estimate of drug-likeness (QED) is 0.632. The van der Waals surface area contributed by atoms with E-state index in [-0.39, 0.29) is 23.4 Å². The van der Waals surface area contributed by atoms with E-state index in [0.29, 0.717) is 0 Å².